The van der Waals surface area contributed by atoms with Gasteiger partial charge in [0.15, 0.2) is 5.96 Å². The highest BCUT2D eigenvalue weighted by Crippen LogP contribution is 2.25. The zero-order valence-corrected chi connectivity index (χ0v) is 20.2. The lowest BCUT2D eigenvalue weighted by molar-refractivity contribution is 0.0351. The Balaban J connectivity index is 1.32. The Morgan fingerprint density at radius 1 is 0.970 bits per heavy atom. The topological polar surface area (TPSA) is 52.1 Å². The predicted molar refractivity (Wildman–Crippen MR) is 135 cm³/mol. The van der Waals surface area contributed by atoms with Gasteiger partial charge < -0.3 is 20.3 Å². The number of piperazine rings is 1. The first-order valence-corrected chi connectivity index (χ1v) is 12.3. The number of rotatable bonds is 7. The molecule has 2 N–H and O–H groups in total. The fourth-order valence-electron chi connectivity index (χ4n) is 4.96. The average Bonchev–Trinajstić information content (AvgIpc) is 2.87. The van der Waals surface area contributed by atoms with E-state index in [0.29, 0.717) is 0 Å². The van der Waals surface area contributed by atoms with Gasteiger partial charge in [-0.15, -0.1) is 0 Å². The van der Waals surface area contributed by atoms with E-state index in [4.69, 9.17) is 4.74 Å². The molecule has 0 radical (unpaired) electrons. The standard InChI is InChI=1S/C27H39N5O/c1-23(25-11-7-4-8-12-25)30-27(13-19-33-20-14-27)22-29-26(28-2)32-17-15-31(16-18-32)21-24-9-5-3-6-10-24/h3-12,23,30H,13-22H2,1-2H3,(H,28,29). The van der Waals surface area contributed by atoms with Crippen LogP contribution in [0.25, 0.3) is 0 Å². The Bertz CT molecular complexity index is 859. The number of hydrogen-bond donors (Lipinski definition) is 2. The molecule has 2 aliphatic rings. The number of ether oxygens (including phenoxy) is 1. The number of nitrogens with one attached hydrogen (secondary N) is 2. The van der Waals surface area contributed by atoms with Gasteiger partial charge in [-0.3, -0.25) is 9.89 Å². The summed E-state index contributed by atoms with van der Waals surface area (Å²) in [5.74, 6) is 1.01. The van der Waals surface area contributed by atoms with Crippen LogP contribution in [0.3, 0.4) is 0 Å². The van der Waals surface area contributed by atoms with Crippen molar-refractivity contribution in [2.24, 2.45) is 4.99 Å². The smallest absolute Gasteiger partial charge is 0.193 e. The molecule has 0 amide bonds. The van der Waals surface area contributed by atoms with Crippen molar-refractivity contribution in [1.29, 1.82) is 0 Å². The number of benzene rings is 2. The van der Waals surface area contributed by atoms with Gasteiger partial charge in [-0.05, 0) is 30.9 Å². The minimum absolute atomic E-state index is 0.00141. The summed E-state index contributed by atoms with van der Waals surface area (Å²) in [5, 5.41) is 7.65. The molecule has 2 aromatic rings. The summed E-state index contributed by atoms with van der Waals surface area (Å²) in [6, 6.07) is 21.7. The first kappa shape index (κ1) is 23.7. The van der Waals surface area contributed by atoms with E-state index < -0.39 is 0 Å². The molecule has 0 spiro atoms. The van der Waals surface area contributed by atoms with Crippen LogP contribution in [0.2, 0.25) is 0 Å². The Kier molecular flexibility index (Phi) is 8.37. The van der Waals surface area contributed by atoms with E-state index in [9.17, 15) is 0 Å². The third kappa shape index (κ3) is 6.56. The Morgan fingerprint density at radius 2 is 1.61 bits per heavy atom. The summed E-state index contributed by atoms with van der Waals surface area (Å²) < 4.78 is 5.71. The predicted octanol–water partition coefficient (Wildman–Crippen LogP) is 3.28. The molecule has 178 valence electrons. The summed E-state index contributed by atoms with van der Waals surface area (Å²) in [7, 11) is 1.90. The molecule has 1 unspecified atom stereocenters. The highest BCUT2D eigenvalue weighted by atomic mass is 16.5. The summed E-state index contributed by atoms with van der Waals surface area (Å²) in [6.45, 7) is 9.82. The Labute approximate surface area is 199 Å². The first-order chi connectivity index (χ1) is 16.2. The molecule has 0 aliphatic carbocycles. The monoisotopic (exact) mass is 449 g/mol. The summed E-state index contributed by atoms with van der Waals surface area (Å²) in [4.78, 5) is 9.56. The summed E-state index contributed by atoms with van der Waals surface area (Å²) in [6.07, 6.45) is 2.00. The SMILES string of the molecule is CN=C(NCC1(NC(C)c2ccccc2)CCOCC1)N1CCN(Cc2ccccc2)CC1. The maximum Gasteiger partial charge on any atom is 0.193 e. The molecule has 0 saturated carbocycles. The van der Waals surface area contributed by atoms with E-state index in [2.05, 4.69) is 93.0 Å². The molecule has 2 heterocycles. The molecule has 4 rings (SSSR count). The van der Waals surface area contributed by atoms with Crippen molar-refractivity contribution >= 4 is 5.96 Å². The van der Waals surface area contributed by atoms with Crippen LogP contribution in [0, 0.1) is 0 Å². The van der Waals surface area contributed by atoms with Gasteiger partial charge in [0.25, 0.3) is 0 Å². The lowest BCUT2D eigenvalue weighted by Gasteiger charge is -2.42. The summed E-state index contributed by atoms with van der Waals surface area (Å²) >= 11 is 0. The Hall–Kier alpha value is -2.41. The van der Waals surface area contributed by atoms with Crippen molar-refractivity contribution in [2.45, 2.75) is 37.9 Å². The minimum atomic E-state index is -0.00141. The van der Waals surface area contributed by atoms with Crippen LogP contribution in [0.1, 0.15) is 36.9 Å². The van der Waals surface area contributed by atoms with E-state index in [1.807, 2.05) is 7.05 Å². The van der Waals surface area contributed by atoms with E-state index in [1.165, 1.54) is 11.1 Å². The van der Waals surface area contributed by atoms with Crippen molar-refractivity contribution < 1.29 is 4.74 Å². The molecule has 33 heavy (non-hydrogen) atoms. The van der Waals surface area contributed by atoms with Gasteiger partial charge in [0.1, 0.15) is 0 Å². The van der Waals surface area contributed by atoms with Gasteiger partial charge in [-0.2, -0.15) is 0 Å². The van der Waals surface area contributed by atoms with Crippen LogP contribution in [-0.4, -0.2) is 74.3 Å². The largest absolute Gasteiger partial charge is 0.381 e. The molecule has 6 heteroatoms. The van der Waals surface area contributed by atoms with Gasteiger partial charge in [0.05, 0.1) is 0 Å². The van der Waals surface area contributed by atoms with Crippen molar-refractivity contribution in [2.75, 3.05) is 53.0 Å². The lowest BCUT2D eigenvalue weighted by Crippen LogP contribution is -2.60. The molecular weight excluding hydrogens is 410 g/mol. The van der Waals surface area contributed by atoms with E-state index in [1.54, 1.807) is 0 Å². The quantitative estimate of drug-likeness (QED) is 0.502. The molecule has 2 aromatic carbocycles. The highest BCUT2D eigenvalue weighted by molar-refractivity contribution is 5.80. The van der Waals surface area contributed by atoms with Gasteiger partial charge in [0, 0.05) is 71.1 Å². The summed E-state index contributed by atoms with van der Waals surface area (Å²) in [5.41, 5.74) is 2.70. The fourth-order valence-corrected chi connectivity index (χ4v) is 4.96. The van der Waals surface area contributed by atoms with Crippen molar-refractivity contribution in [1.82, 2.24) is 20.4 Å². The zero-order chi connectivity index (χ0) is 22.9. The van der Waals surface area contributed by atoms with Crippen LogP contribution in [0.5, 0.6) is 0 Å². The zero-order valence-electron chi connectivity index (χ0n) is 20.2. The third-order valence-corrected chi connectivity index (χ3v) is 6.99. The van der Waals surface area contributed by atoms with Crippen LogP contribution in [0.4, 0.5) is 0 Å². The van der Waals surface area contributed by atoms with E-state index in [0.717, 1.165) is 71.3 Å². The van der Waals surface area contributed by atoms with Crippen LogP contribution < -0.4 is 10.6 Å². The van der Waals surface area contributed by atoms with E-state index in [-0.39, 0.29) is 11.6 Å². The molecule has 6 nitrogen and oxygen atoms in total. The average molecular weight is 450 g/mol. The second kappa shape index (κ2) is 11.6. The highest BCUT2D eigenvalue weighted by Gasteiger charge is 2.34. The lowest BCUT2D eigenvalue weighted by atomic mass is 9.88. The second-order valence-corrected chi connectivity index (χ2v) is 9.32. The third-order valence-electron chi connectivity index (χ3n) is 6.99. The van der Waals surface area contributed by atoms with Crippen molar-refractivity contribution in [3.63, 3.8) is 0 Å². The van der Waals surface area contributed by atoms with Gasteiger partial charge in [-0.1, -0.05) is 60.7 Å². The second-order valence-electron chi connectivity index (χ2n) is 9.32. The van der Waals surface area contributed by atoms with Crippen LogP contribution in [0.15, 0.2) is 65.7 Å². The van der Waals surface area contributed by atoms with Crippen molar-refractivity contribution in [3.8, 4) is 0 Å². The minimum Gasteiger partial charge on any atom is -0.381 e. The number of guanidine groups is 1. The molecule has 2 saturated heterocycles. The number of aliphatic imine (C=N–C) groups is 1. The van der Waals surface area contributed by atoms with Gasteiger partial charge in [0.2, 0.25) is 0 Å². The molecule has 0 bridgehead atoms. The molecule has 2 fully saturated rings. The Morgan fingerprint density at radius 3 is 2.24 bits per heavy atom. The molecule has 1 atom stereocenters. The van der Waals surface area contributed by atoms with Crippen LogP contribution >= 0.6 is 0 Å². The molecule has 2 aliphatic heterocycles. The van der Waals surface area contributed by atoms with Crippen LogP contribution in [-0.2, 0) is 11.3 Å². The van der Waals surface area contributed by atoms with E-state index >= 15 is 0 Å². The fraction of sp³-hybridized carbons (Fsp3) is 0.519. The maximum atomic E-state index is 5.71. The normalized spacial score (nSPS) is 20.4. The first-order valence-electron chi connectivity index (χ1n) is 12.3. The maximum absolute atomic E-state index is 5.71. The molecular formula is C27H39N5O. The number of hydrogen-bond acceptors (Lipinski definition) is 4. The van der Waals surface area contributed by atoms with Gasteiger partial charge in [-0.25, -0.2) is 0 Å². The number of nitrogens with zero attached hydrogens (tertiary/aromatic N) is 3. The molecule has 0 aromatic heterocycles. The van der Waals surface area contributed by atoms with Gasteiger partial charge >= 0.3 is 0 Å². The van der Waals surface area contributed by atoms with Crippen molar-refractivity contribution in [3.05, 3.63) is 71.8 Å².